The average molecular weight is 340 g/mol. The predicted octanol–water partition coefficient (Wildman–Crippen LogP) is 2.60. The second-order valence-corrected chi connectivity index (χ2v) is 4.27. The summed E-state index contributed by atoms with van der Waals surface area (Å²) in [6.45, 7) is -1.57. The molecule has 24 heavy (non-hydrogen) atoms. The first kappa shape index (κ1) is 20.0. The summed E-state index contributed by atoms with van der Waals surface area (Å²) in [5.41, 5.74) is 28.1. The molecule has 0 saturated heterocycles. The van der Waals surface area contributed by atoms with E-state index in [1.807, 2.05) is 0 Å². The van der Waals surface area contributed by atoms with Gasteiger partial charge in [-0.3, -0.25) is 20.2 Å². The van der Waals surface area contributed by atoms with Crippen molar-refractivity contribution in [2.45, 2.75) is 24.2 Å². The molecule has 0 spiro atoms. The smallest absolute Gasteiger partial charge is 0.264 e. The van der Waals surface area contributed by atoms with Gasteiger partial charge >= 0.3 is 5.54 Å². The summed E-state index contributed by atoms with van der Waals surface area (Å²) >= 11 is 0. The van der Waals surface area contributed by atoms with E-state index >= 15 is 0 Å². The Morgan fingerprint density at radius 2 is 1.38 bits per heavy atom. The van der Waals surface area contributed by atoms with Crippen molar-refractivity contribution in [1.29, 1.82) is 0 Å². The standard InChI is InChI=1S/C6H8N14O4/c1-5(19(21)22,2-11-15-7)6(20(23)24,3-12-16-8)4(13-17-9)14-18-10/h4H,2-3H2,1H3. The first-order valence-corrected chi connectivity index (χ1v) is 5.67. The fraction of sp³-hybridized carbons (Fsp3) is 1.00. The molecule has 0 radical (unpaired) electrons. The van der Waals surface area contributed by atoms with Crippen molar-refractivity contribution in [3.05, 3.63) is 62.0 Å². The van der Waals surface area contributed by atoms with Crippen molar-refractivity contribution in [2.24, 2.45) is 20.5 Å². The van der Waals surface area contributed by atoms with Crippen LogP contribution in [0.4, 0.5) is 0 Å². The molecule has 0 fully saturated rings. The lowest BCUT2D eigenvalue weighted by molar-refractivity contribution is -0.681. The Bertz CT molecular complexity index is 691. The van der Waals surface area contributed by atoms with Crippen LogP contribution in [0.25, 0.3) is 41.8 Å². The Balaban J connectivity index is 6.96. The molecule has 126 valence electrons. The van der Waals surface area contributed by atoms with Crippen molar-refractivity contribution in [3.8, 4) is 0 Å². The van der Waals surface area contributed by atoms with Crippen LogP contribution in [0.2, 0.25) is 0 Å². The lowest BCUT2D eigenvalue weighted by atomic mass is 9.76. The topological polar surface area (TPSA) is 281 Å². The van der Waals surface area contributed by atoms with Gasteiger partial charge in [-0.15, -0.1) is 0 Å². The van der Waals surface area contributed by atoms with Gasteiger partial charge in [-0.1, -0.05) is 20.5 Å². The van der Waals surface area contributed by atoms with Crippen LogP contribution in [0.3, 0.4) is 0 Å². The maximum Gasteiger partial charge on any atom is 0.310 e. The van der Waals surface area contributed by atoms with Gasteiger partial charge in [0.05, 0.1) is 0 Å². The molecule has 0 heterocycles. The Morgan fingerprint density at radius 3 is 1.71 bits per heavy atom. The van der Waals surface area contributed by atoms with Crippen LogP contribution < -0.4 is 0 Å². The molecule has 18 nitrogen and oxygen atoms in total. The van der Waals surface area contributed by atoms with Crippen LogP contribution in [0.5, 0.6) is 0 Å². The fourth-order valence-corrected chi connectivity index (χ4v) is 1.85. The summed E-state index contributed by atoms with van der Waals surface area (Å²) < 4.78 is 0. The molecule has 2 atom stereocenters. The van der Waals surface area contributed by atoms with Gasteiger partial charge in [0.1, 0.15) is 13.1 Å². The molecule has 0 aliphatic rings. The second kappa shape index (κ2) is 8.47. The summed E-state index contributed by atoms with van der Waals surface area (Å²) in [6.07, 6.45) is -2.28. The summed E-state index contributed by atoms with van der Waals surface area (Å²) in [6, 6.07) is 0. The van der Waals surface area contributed by atoms with E-state index in [1.54, 1.807) is 0 Å². The quantitative estimate of drug-likeness (QED) is 0.190. The van der Waals surface area contributed by atoms with E-state index in [1.165, 1.54) is 0 Å². The molecule has 0 aromatic carbocycles. The van der Waals surface area contributed by atoms with Gasteiger partial charge in [-0.05, 0) is 22.1 Å². The van der Waals surface area contributed by atoms with E-state index in [0.717, 1.165) is 0 Å². The van der Waals surface area contributed by atoms with E-state index in [4.69, 9.17) is 22.1 Å². The minimum atomic E-state index is -3.00. The summed E-state index contributed by atoms with van der Waals surface area (Å²) in [5.74, 6) is 0. The number of azide groups is 3. The highest BCUT2D eigenvalue weighted by atomic mass is 16.7. The Kier molecular flexibility index (Phi) is 7.08. The number of rotatable bonds is 10. The third-order valence-electron chi connectivity index (χ3n) is 3.23. The third-order valence-corrected chi connectivity index (χ3v) is 3.23. The van der Waals surface area contributed by atoms with Crippen LogP contribution in [-0.2, 0) is 0 Å². The molecule has 0 saturated carbocycles. The first-order chi connectivity index (χ1) is 11.3. The molecule has 0 N–H and O–H groups in total. The van der Waals surface area contributed by atoms with E-state index in [-0.39, 0.29) is 0 Å². The summed E-state index contributed by atoms with van der Waals surface area (Å²) in [4.78, 5) is 29.8. The van der Waals surface area contributed by atoms with E-state index in [0.29, 0.717) is 6.92 Å². The maximum absolute atomic E-state index is 11.6. The van der Waals surface area contributed by atoms with Crippen molar-refractivity contribution in [1.82, 2.24) is 0 Å². The third kappa shape index (κ3) is 3.44. The lowest BCUT2D eigenvalue weighted by Crippen LogP contribution is -2.70. The molecular weight excluding hydrogens is 332 g/mol. The molecule has 18 heteroatoms. The molecule has 0 aromatic heterocycles. The van der Waals surface area contributed by atoms with Crippen molar-refractivity contribution in [2.75, 3.05) is 13.1 Å². The Morgan fingerprint density at radius 1 is 0.917 bits per heavy atom. The second-order valence-electron chi connectivity index (χ2n) is 4.27. The monoisotopic (exact) mass is 340 g/mol. The van der Waals surface area contributed by atoms with Gasteiger partial charge in [-0.2, -0.15) is 0 Å². The lowest BCUT2D eigenvalue weighted by Gasteiger charge is -2.35. The minimum absolute atomic E-state index is 0.712. The Hall–Kier alpha value is -3.96. The highest BCUT2D eigenvalue weighted by Gasteiger charge is 2.71. The molecule has 0 aliphatic carbocycles. The Labute approximate surface area is 130 Å². The van der Waals surface area contributed by atoms with Crippen LogP contribution in [0.15, 0.2) is 20.5 Å². The van der Waals surface area contributed by atoms with E-state index < -0.39 is 40.2 Å². The zero-order valence-electron chi connectivity index (χ0n) is 11.9. The highest BCUT2D eigenvalue weighted by molar-refractivity contribution is 5.08. The minimum Gasteiger partial charge on any atom is -0.264 e. The molecule has 0 aliphatic heterocycles. The average Bonchev–Trinajstić information content (AvgIpc) is 2.53. The van der Waals surface area contributed by atoms with Crippen molar-refractivity contribution < 1.29 is 9.85 Å². The summed E-state index contributed by atoms with van der Waals surface area (Å²) in [5, 5.41) is 34.8. The molecule has 0 rings (SSSR count). The molecule has 0 aromatic rings. The molecule has 0 bridgehead atoms. The normalized spacial score (nSPS) is 15.5. The van der Waals surface area contributed by atoms with E-state index in [2.05, 4.69) is 40.1 Å². The predicted molar refractivity (Wildman–Crippen MR) is 75.2 cm³/mol. The zero-order chi connectivity index (χ0) is 18.8. The van der Waals surface area contributed by atoms with Gasteiger partial charge in [0, 0.05) is 36.4 Å². The fourth-order valence-electron chi connectivity index (χ4n) is 1.85. The first-order valence-electron chi connectivity index (χ1n) is 5.67. The van der Waals surface area contributed by atoms with Gasteiger partial charge in [0.15, 0.2) is 6.17 Å². The molecular formula is C6H8N14O4. The largest absolute Gasteiger partial charge is 0.310 e. The number of nitrogens with zero attached hydrogens (tertiary/aromatic N) is 14. The van der Waals surface area contributed by atoms with E-state index in [9.17, 15) is 20.2 Å². The van der Waals surface area contributed by atoms with Crippen LogP contribution in [0.1, 0.15) is 6.92 Å². The van der Waals surface area contributed by atoms with Crippen LogP contribution >= 0.6 is 0 Å². The number of nitro groups is 2. The van der Waals surface area contributed by atoms with Crippen LogP contribution in [-0.4, -0.2) is 40.2 Å². The van der Waals surface area contributed by atoms with Crippen LogP contribution in [0, 0.1) is 20.2 Å². The summed E-state index contributed by atoms with van der Waals surface area (Å²) in [7, 11) is 0. The van der Waals surface area contributed by atoms with Gasteiger partial charge < -0.3 is 0 Å². The van der Waals surface area contributed by atoms with Crippen molar-refractivity contribution in [3.63, 3.8) is 0 Å². The van der Waals surface area contributed by atoms with Crippen molar-refractivity contribution >= 4 is 0 Å². The zero-order valence-corrected chi connectivity index (χ0v) is 11.9. The number of hydrogen-bond donors (Lipinski definition) is 0. The molecule has 2 unspecified atom stereocenters. The maximum atomic E-state index is 11.6. The highest BCUT2D eigenvalue weighted by Crippen LogP contribution is 2.36. The number of hydrogen-bond acceptors (Lipinski definition) is 8. The van der Waals surface area contributed by atoms with Gasteiger partial charge in [-0.25, -0.2) is 0 Å². The molecule has 0 amide bonds. The SMILES string of the molecule is CC(CN=[N+]=[N-])([N+](=O)[O-])C(CN=[N+]=[N-])(C(N=[N+]=[N-])N=[N+]=[N-])[N+](=O)[O-]. The van der Waals surface area contributed by atoms with Gasteiger partial charge in [0.2, 0.25) is 0 Å². The van der Waals surface area contributed by atoms with Gasteiger partial charge in [0.25, 0.3) is 5.54 Å².